The number of piperidine rings is 2. The van der Waals surface area contributed by atoms with E-state index in [4.69, 9.17) is 0 Å². The molecule has 3 fully saturated rings. The van der Waals surface area contributed by atoms with Crippen molar-refractivity contribution in [2.75, 3.05) is 0 Å². The maximum atomic E-state index is 2.76. The summed E-state index contributed by atoms with van der Waals surface area (Å²) in [5.41, 5.74) is 0. The van der Waals surface area contributed by atoms with Crippen molar-refractivity contribution in [2.45, 2.75) is 50.7 Å². The Balaban J connectivity index is 1.80. The first-order valence-electron chi connectivity index (χ1n) is 4.62. The maximum absolute atomic E-state index is 2.76. The molecule has 0 bridgehead atoms. The zero-order valence-corrected chi connectivity index (χ0v) is 6.59. The first-order chi connectivity index (χ1) is 4.84. The molecule has 0 spiro atoms. The maximum Gasteiger partial charge on any atom is 0.0131 e. The zero-order chi connectivity index (χ0) is 6.72. The third kappa shape index (κ3) is 0.493. The molecule has 3 saturated heterocycles. The fourth-order valence-corrected chi connectivity index (χ4v) is 3.29. The second-order valence-corrected chi connectivity index (χ2v) is 4.46. The molecule has 0 radical (unpaired) electrons. The fourth-order valence-electron chi connectivity index (χ4n) is 3.29. The van der Waals surface area contributed by atoms with E-state index in [1.165, 1.54) is 25.7 Å². The van der Waals surface area contributed by atoms with E-state index in [-0.39, 0.29) is 0 Å². The van der Waals surface area contributed by atoms with Crippen molar-refractivity contribution < 1.29 is 0 Å². The molecule has 2 unspecified atom stereocenters. The SMILES string of the molecule is CC1CC2CC3CC(C1)N23. The zero-order valence-electron chi connectivity index (χ0n) is 6.59. The normalized spacial score (nSPS) is 58.5. The minimum absolute atomic E-state index is 1.02. The molecule has 10 heavy (non-hydrogen) atoms. The van der Waals surface area contributed by atoms with Crippen molar-refractivity contribution in [2.24, 2.45) is 5.92 Å². The number of hydrogen-bond acceptors (Lipinski definition) is 1. The van der Waals surface area contributed by atoms with Crippen LogP contribution >= 0.6 is 0 Å². The second kappa shape index (κ2) is 1.58. The Morgan fingerprint density at radius 1 is 0.900 bits per heavy atom. The van der Waals surface area contributed by atoms with E-state index < -0.39 is 0 Å². The van der Waals surface area contributed by atoms with Gasteiger partial charge in [0.1, 0.15) is 0 Å². The van der Waals surface area contributed by atoms with Crippen LogP contribution in [0.1, 0.15) is 32.6 Å². The van der Waals surface area contributed by atoms with Gasteiger partial charge in [0, 0.05) is 18.1 Å². The van der Waals surface area contributed by atoms with Crippen molar-refractivity contribution in [1.29, 1.82) is 0 Å². The van der Waals surface area contributed by atoms with E-state index >= 15 is 0 Å². The van der Waals surface area contributed by atoms with Crippen molar-refractivity contribution in [3.05, 3.63) is 0 Å². The lowest BCUT2D eigenvalue weighted by atomic mass is 9.67. The van der Waals surface area contributed by atoms with Crippen LogP contribution < -0.4 is 0 Å². The van der Waals surface area contributed by atoms with Crippen LogP contribution in [0.4, 0.5) is 0 Å². The molecule has 0 saturated carbocycles. The summed E-state index contributed by atoms with van der Waals surface area (Å²) in [6, 6.07) is 3.09. The van der Waals surface area contributed by atoms with Crippen LogP contribution in [-0.4, -0.2) is 23.0 Å². The van der Waals surface area contributed by atoms with Crippen LogP contribution in [0.15, 0.2) is 0 Å². The summed E-state index contributed by atoms with van der Waals surface area (Å²) in [7, 11) is 0. The molecule has 3 rings (SSSR count). The van der Waals surface area contributed by atoms with Gasteiger partial charge in [-0.25, -0.2) is 0 Å². The van der Waals surface area contributed by atoms with Gasteiger partial charge in [0.05, 0.1) is 0 Å². The molecule has 0 amide bonds. The average Bonchev–Trinajstić information content (AvgIpc) is 1.78. The van der Waals surface area contributed by atoms with Gasteiger partial charge in [-0.2, -0.15) is 0 Å². The predicted molar refractivity (Wildman–Crippen MR) is 40.8 cm³/mol. The molecule has 3 aliphatic rings. The van der Waals surface area contributed by atoms with Gasteiger partial charge in [0.15, 0.2) is 0 Å². The van der Waals surface area contributed by atoms with E-state index in [9.17, 15) is 0 Å². The average molecular weight is 137 g/mol. The highest BCUT2D eigenvalue weighted by Gasteiger charge is 2.53. The monoisotopic (exact) mass is 137 g/mol. The van der Waals surface area contributed by atoms with Gasteiger partial charge in [-0.1, -0.05) is 6.92 Å². The molecule has 0 aromatic carbocycles. The van der Waals surface area contributed by atoms with Crippen LogP contribution in [0.2, 0.25) is 0 Å². The lowest BCUT2D eigenvalue weighted by Crippen LogP contribution is -2.72. The molecule has 0 aromatic heterocycles. The highest BCUT2D eigenvalue weighted by molar-refractivity contribution is 5.09. The van der Waals surface area contributed by atoms with Gasteiger partial charge in [-0.15, -0.1) is 0 Å². The first kappa shape index (κ1) is 5.59. The smallest absolute Gasteiger partial charge is 0.0131 e. The highest BCUT2D eigenvalue weighted by Crippen LogP contribution is 2.49. The Morgan fingerprint density at radius 2 is 1.40 bits per heavy atom. The molecule has 3 heterocycles. The molecular weight excluding hydrogens is 122 g/mol. The van der Waals surface area contributed by atoms with Gasteiger partial charge in [-0.3, -0.25) is 4.90 Å². The molecule has 3 aliphatic heterocycles. The Labute approximate surface area is 62.4 Å². The molecule has 0 aromatic rings. The summed E-state index contributed by atoms with van der Waals surface area (Å²) < 4.78 is 0. The van der Waals surface area contributed by atoms with Crippen molar-refractivity contribution >= 4 is 0 Å². The van der Waals surface area contributed by atoms with Crippen LogP contribution in [0.3, 0.4) is 0 Å². The van der Waals surface area contributed by atoms with E-state index in [2.05, 4.69) is 11.8 Å². The third-order valence-electron chi connectivity index (χ3n) is 3.70. The van der Waals surface area contributed by atoms with Crippen LogP contribution in [0, 0.1) is 5.92 Å². The Kier molecular flexibility index (Phi) is 0.883. The summed E-state index contributed by atoms with van der Waals surface area (Å²) in [5, 5.41) is 0. The quantitative estimate of drug-likeness (QED) is 0.490. The molecule has 1 heteroatoms. The van der Waals surface area contributed by atoms with Gasteiger partial charge in [0.2, 0.25) is 0 Å². The van der Waals surface area contributed by atoms with Gasteiger partial charge in [-0.05, 0) is 31.6 Å². The molecule has 1 nitrogen and oxygen atoms in total. The standard InChI is InChI=1S/C9H15N/c1-6-2-7-4-9-5-8(3-6)10(7)9/h6-9H,2-5H2,1H3. The molecule has 2 atom stereocenters. The summed E-state index contributed by atoms with van der Waals surface area (Å²) in [6.07, 6.45) is 6.04. The van der Waals surface area contributed by atoms with Crippen LogP contribution in [-0.2, 0) is 0 Å². The van der Waals surface area contributed by atoms with E-state index in [1.807, 2.05) is 0 Å². The van der Waals surface area contributed by atoms with Gasteiger partial charge >= 0.3 is 0 Å². The summed E-state index contributed by atoms with van der Waals surface area (Å²) >= 11 is 0. The molecule has 0 N–H and O–H groups in total. The molecular formula is C9H15N. The number of rotatable bonds is 0. The topological polar surface area (TPSA) is 3.24 Å². The molecule has 56 valence electrons. The highest BCUT2D eigenvalue weighted by atomic mass is 15.3. The summed E-state index contributed by atoms with van der Waals surface area (Å²) in [6.45, 7) is 2.42. The van der Waals surface area contributed by atoms with E-state index in [1.54, 1.807) is 0 Å². The van der Waals surface area contributed by atoms with Crippen LogP contribution in [0.25, 0.3) is 0 Å². The summed E-state index contributed by atoms with van der Waals surface area (Å²) in [4.78, 5) is 2.76. The lowest BCUT2D eigenvalue weighted by molar-refractivity contribution is -0.155. The van der Waals surface area contributed by atoms with Gasteiger partial charge < -0.3 is 0 Å². The van der Waals surface area contributed by atoms with Crippen molar-refractivity contribution in [3.8, 4) is 0 Å². The molecule has 0 aliphatic carbocycles. The van der Waals surface area contributed by atoms with Crippen molar-refractivity contribution in [3.63, 3.8) is 0 Å². The number of hydrogen-bond donors (Lipinski definition) is 0. The summed E-state index contributed by atoms with van der Waals surface area (Å²) in [5.74, 6) is 1.02. The van der Waals surface area contributed by atoms with Gasteiger partial charge in [0.25, 0.3) is 0 Å². The van der Waals surface area contributed by atoms with Crippen LogP contribution in [0.5, 0.6) is 0 Å². The lowest BCUT2D eigenvalue weighted by Gasteiger charge is -2.66. The fraction of sp³-hybridized carbons (Fsp3) is 1.00. The Morgan fingerprint density at radius 3 is 1.90 bits per heavy atom. The Bertz CT molecular complexity index is 150. The van der Waals surface area contributed by atoms with E-state index in [0.717, 1.165) is 24.0 Å². The third-order valence-corrected chi connectivity index (χ3v) is 3.70. The number of nitrogens with zero attached hydrogens (tertiary/aromatic N) is 1. The minimum Gasteiger partial charge on any atom is -0.294 e. The first-order valence-corrected chi connectivity index (χ1v) is 4.62. The predicted octanol–water partition coefficient (Wildman–Crippen LogP) is 1.63. The van der Waals surface area contributed by atoms with E-state index in [0.29, 0.717) is 0 Å². The largest absolute Gasteiger partial charge is 0.294 e. The minimum atomic E-state index is 1.02. The Hall–Kier alpha value is -0.0400. The van der Waals surface area contributed by atoms with Crippen molar-refractivity contribution in [1.82, 2.24) is 4.90 Å². The second-order valence-electron chi connectivity index (χ2n) is 4.46.